The highest BCUT2D eigenvalue weighted by Gasteiger charge is 2.55. The summed E-state index contributed by atoms with van der Waals surface area (Å²) < 4.78 is 33.7. The zero-order valence-corrected chi connectivity index (χ0v) is 19.5. The maximum atomic E-state index is 14.1. The highest BCUT2D eigenvalue weighted by atomic mass is 19.3. The Bertz CT molecular complexity index is 1100. The van der Waals surface area contributed by atoms with E-state index in [0.29, 0.717) is 12.8 Å². The molecule has 2 aliphatic rings. The predicted molar refractivity (Wildman–Crippen MR) is 124 cm³/mol. The van der Waals surface area contributed by atoms with Crippen LogP contribution in [0.5, 0.6) is 0 Å². The highest BCUT2D eigenvalue weighted by molar-refractivity contribution is 5.85. The molecule has 2 aromatic rings. The molecule has 4 rings (SSSR count). The Morgan fingerprint density at radius 2 is 1.57 bits per heavy atom. The van der Waals surface area contributed by atoms with E-state index in [9.17, 15) is 23.2 Å². The summed E-state index contributed by atoms with van der Waals surface area (Å²) in [4.78, 5) is 36.1. The van der Waals surface area contributed by atoms with Crippen molar-refractivity contribution in [3.05, 3.63) is 59.7 Å². The summed E-state index contributed by atoms with van der Waals surface area (Å²) in [7, 11) is 0. The lowest BCUT2D eigenvalue weighted by atomic mass is 9.91. The quantitative estimate of drug-likeness (QED) is 0.494. The van der Waals surface area contributed by atoms with E-state index in [1.54, 1.807) is 0 Å². The molecule has 2 amide bonds. The van der Waals surface area contributed by atoms with Gasteiger partial charge in [-0.2, -0.15) is 8.78 Å². The van der Waals surface area contributed by atoms with Crippen molar-refractivity contribution in [2.45, 2.75) is 44.6 Å². The summed E-state index contributed by atoms with van der Waals surface area (Å²) in [6, 6.07) is 14.0. The summed E-state index contributed by atoms with van der Waals surface area (Å²) in [5, 5.41) is 13.6. The molecule has 2 aromatic carbocycles. The Morgan fingerprint density at radius 1 is 1.03 bits per heavy atom. The second-order valence-corrected chi connectivity index (χ2v) is 9.78. The zero-order valence-electron chi connectivity index (χ0n) is 19.5. The van der Waals surface area contributed by atoms with E-state index < -0.39 is 41.3 Å². The van der Waals surface area contributed by atoms with Gasteiger partial charge in [-0.3, -0.25) is 4.79 Å². The standard InChI is InChI=1S/C26H28F2N2O5/c1-25(2,22(31)30-21(15-11-12-15)26(27,28)23(32)33)14-29-24(34)35-13-20-18-9-5-3-7-16(18)17-8-4-6-10-19(17)20/h3-10,15,20-21H,11-14H2,1-2H3,(H,29,34)(H,30,31)(H,32,33). The fraction of sp³-hybridized carbons (Fsp3) is 0.423. The fourth-order valence-electron chi connectivity index (χ4n) is 4.43. The van der Waals surface area contributed by atoms with E-state index in [2.05, 4.69) is 10.6 Å². The van der Waals surface area contributed by atoms with Crippen molar-refractivity contribution in [3.63, 3.8) is 0 Å². The number of carboxylic acid groups (broad SMARTS) is 1. The van der Waals surface area contributed by atoms with Crippen LogP contribution in [0, 0.1) is 11.3 Å². The van der Waals surface area contributed by atoms with Gasteiger partial charge in [-0.15, -0.1) is 0 Å². The van der Waals surface area contributed by atoms with Crippen molar-refractivity contribution in [2.24, 2.45) is 11.3 Å². The van der Waals surface area contributed by atoms with Crippen LogP contribution >= 0.6 is 0 Å². The molecule has 9 heteroatoms. The number of nitrogens with one attached hydrogen (secondary N) is 2. The molecule has 0 bridgehead atoms. The average Bonchev–Trinajstić information content (AvgIpc) is 3.61. The topological polar surface area (TPSA) is 105 Å². The molecule has 1 saturated carbocycles. The third-order valence-electron chi connectivity index (χ3n) is 6.69. The van der Waals surface area contributed by atoms with Crippen molar-refractivity contribution in [1.29, 1.82) is 0 Å². The van der Waals surface area contributed by atoms with Crippen LogP contribution in [0.2, 0.25) is 0 Å². The Hall–Kier alpha value is -3.49. The molecule has 0 heterocycles. The number of aliphatic carboxylic acids is 1. The molecule has 0 saturated heterocycles. The largest absolute Gasteiger partial charge is 0.477 e. The van der Waals surface area contributed by atoms with Crippen LogP contribution in [-0.2, 0) is 14.3 Å². The Labute approximate surface area is 201 Å². The van der Waals surface area contributed by atoms with Crippen LogP contribution in [0.25, 0.3) is 11.1 Å². The first-order valence-electron chi connectivity index (χ1n) is 11.5. The van der Waals surface area contributed by atoms with E-state index in [1.807, 2.05) is 48.5 Å². The van der Waals surface area contributed by atoms with Crippen LogP contribution in [0.4, 0.5) is 13.6 Å². The number of carbonyl (C=O) groups excluding carboxylic acids is 2. The van der Waals surface area contributed by atoms with Gasteiger partial charge < -0.3 is 20.5 Å². The van der Waals surface area contributed by atoms with Gasteiger partial charge in [-0.05, 0) is 54.9 Å². The molecule has 1 unspecified atom stereocenters. The van der Waals surface area contributed by atoms with E-state index in [4.69, 9.17) is 9.84 Å². The Balaban J connectivity index is 1.34. The molecule has 1 atom stereocenters. The number of benzene rings is 2. The lowest BCUT2D eigenvalue weighted by Gasteiger charge is -2.30. The normalized spacial score (nSPS) is 16.1. The second kappa shape index (κ2) is 9.28. The van der Waals surface area contributed by atoms with E-state index in [1.165, 1.54) is 13.8 Å². The van der Waals surface area contributed by atoms with Crippen LogP contribution in [-0.4, -0.2) is 48.2 Å². The molecule has 0 radical (unpaired) electrons. The number of hydrogen-bond acceptors (Lipinski definition) is 4. The van der Waals surface area contributed by atoms with Gasteiger partial charge in [-0.25, -0.2) is 9.59 Å². The van der Waals surface area contributed by atoms with Gasteiger partial charge in [0.1, 0.15) is 12.6 Å². The number of carbonyl (C=O) groups is 3. The number of ether oxygens (including phenoxy) is 1. The SMILES string of the molecule is CC(C)(CNC(=O)OCC1c2ccccc2-c2ccccc21)C(=O)NC(C1CC1)C(F)(F)C(=O)O. The van der Waals surface area contributed by atoms with Gasteiger partial charge in [0.2, 0.25) is 5.91 Å². The first-order valence-corrected chi connectivity index (χ1v) is 11.5. The first-order chi connectivity index (χ1) is 16.5. The monoisotopic (exact) mass is 486 g/mol. The molecule has 3 N–H and O–H groups in total. The van der Waals surface area contributed by atoms with Crippen LogP contribution in [0.15, 0.2) is 48.5 Å². The molecule has 2 aliphatic carbocycles. The maximum absolute atomic E-state index is 14.1. The number of carboxylic acids is 1. The second-order valence-electron chi connectivity index (χ2n) is 9.78. The summed E-state index contributed by atoms with van der Waals surface area (Å²) in [6.07, 6.45) is 0.112. The van der Waals surface area contributed by atoms with Crippen molar-refractivity contribution in [3.8, 4) is 11.1 Å². The summed E-state index contributed by atoms with van der Waals surface area (Å²) in [6.45, 7) is 2.89. The number of alkyl halides is 2. The van der Waals surface area contributed by atoms with Crippen molar-refractivity contribution in [1.82, 2.24) is 10.6 Å². The molecule has 186 valence electrons. The number of halogens is 2. The average molecular weight is 487 g/mol. The Kier molecular flexibility index (Phi) is 6.53. The molecule has 7 nitrogen and oxygen atoms in total. The van der Waals surface area contributed by atoms with Gasteiger partial charge in [0, 0.05) is 12.5 Å². The number of hydrogen-bond donors (Lipinski definition) is 3. The van der Waals surface area contributed by atoms with E-state index in [0.717, 1.165) is 22.3 Å². The van der Waals surface area contributed by atoms with Gasteiger partial charge in [-0.1, -0.05) is 48.5 Å². The minimum atomic E-state index is -4.08. The smallest absolute Gasteiger partial charge is 0.407 e. The minimum absolute atomic E-state index is 0.0983. The van der Waals surface area contributed by atoms with Crippen LogP contribution < -0.4 is 10.6 Å². The van der Waals surface area contributed by atoms with Gasteiger partial charge in [0.25, 0.3) is 0 Å². The lowest BCUT2D eigenvalue weighted by molar-refractivity contribution is -0.171. The first kappa shape index (κ1) is 24.6. The van der Waals surface area contributed by atoms with Crippen molar-refractivity contribution >= 4 is 18.0 Å². The fourth-order valence-corrected chi connectivity index (χ4v) is 4.43. The number of fused-ring (bicyclic) bond motifs is 3. The molecule has 0 spiro atoms. The predicted octanol–water partition coefficient (Wildman–Crippen LogP) is 4.17. The Morgan fingerprint density at radius 3 is 2.09 bits per heavy atom. The lowest BCUT2D eigenvalue weighted by Crippen LogP contribution is -2.57. The van der Waals surface area contributed by atoms with Crippen molar-refractivity contribution in [2.75, 3.05) is 13.2 Å². The molecule has 0 aromatic heterocycles. The highest BCUT2D eigenvalue weighted by Crippen LogP contribution is 2.44. The molecular formula is C26H28F2N2O5. The van der Waals surface area contributed by atoms with Crippen molar-refractivity contribution < 1.29 is 33.0 Å². The van der Waals surface area contributed by atoms with Gasteiger partial charge in [0.15, 0.2) is 0 Å². The summed E-state index contributed by atoms with van der Waals surface area (Å²) in [5.41, 5.74) is 3.04. The van der Waals surface area contributed by atoms with Crippen LogP contribution in [0.3, 0.4) is 0 Å². The molecule has 0 aliphatic heterocycles. The minimum Gasteiger partial charge on any atom is -0.477 e. The summed E-state index contributed by atoms with van der Waals surface area (Å²) >= 11 is 0. The number of amides is 2. The van der Waals surface area contributed by atoms with E-state index >= 15 is 0 Å². The summed E-state index contributed by atoms with van der Waals surface area (Å²) in [5.74, 6) is -7.83. The van der Waals surface area contributed by atoms with Crippen LogP contribution in [0.1, 0.15) is 43.7 Å². The molecular weight excluding hydrogens is 458 g/mol. The maximum Gasteiger partial charge on any atom is 0.407 e. The number of rotatable bonds is 9. The van der Waals surface area contributed by atoms with E-state index in [-0.39, 0.29) is 19.1 Å². The third-order valence-corrected chi connectivity index (χ3v) is 6.69. The number of alkyl carbamates (subject to hydrolysis) is 1. The zero-order chi connectivity index (χ0) is 25.4. The molecule has 35 heavy (non-hydrogen) atoms. The molecule has 1 fully saturated rings. The van der Waals surface area contributed by atoms with Gasteiger partial charge >= 0.3 is 18.0 Å². The third kappa shape index (κ3) is 4.99. The van der Waals surface area contributed by atoms with Gasteiger partial charge in [0.05, 0.1) is 5.41 Å².